The molecule has 2 aromatic rings. The van der Waals surface area contributed by atoms with E-state index in [0.717, 1.165) is 0 Å². The molecule has 2 aliphatic rings. The molecule has 11 heteroatoms. The van der Waals surface area contributed by atoms with Crippen LogP contribution in [0.15, 0.2) is 42.5 Å². The minimum absolute atomic E-state index is 0.0480. The van der Waals surface area contributed by atoms with Crippen LogP contribution in [-0.4, -0.2) is 67.1 Å². The molecule has 10 nitrogen and oxygen atoms in total. The number of carbonyl (C=O) groups excluding carboxylic acids is 2. The van der Waals surface area contributed by atoms with Crippen LogP contribution in [-0.2, 0) is 14.3 Å². The number of nitrogens with zero attached hydrogens (tertiary/aromatic N) is 3. The van der Waals surface area contributed by atoms with Gasteiger partial charge in [0.25, 0.3) is 11.6 Å². The van der Waals surface area contributed by atoms with E-state index in [2.05, 4.69) is 5.32 Å². The second-order valence-corrected chi connectivity index (χ2v) is 7.80. The molecular weight excluding hydrogens is 440 g/mol. The normalized spacial score (nSPS) is 17.8. The number of fused-ring (bicyclic) bond motifs is 1. The molecule has 1 saturated heterocycles. The van der Waals surface area contributed by atoms with E-state index >= 15 is 0 Å². The summed E-state index contributed by atoms with van der Waals surface area (Å²) in [6, 6.07) is 11.2. The third kappa shape index (κ3) is 4.76. The summed E-state index contributed by atoms with van der Waals surface area (Å²) in [6.45, 7) is 1.97. The number of ether oxygens (including phenoxy) is 2. The maximum absolute atomic E-state index is 13.0. The molecule has 0 radical (unpaired) electrons. The number of nitrogens with one attached hydrogen (secondary N) is 1. The van der Waals surface area contributed by atoms with Gasteiger partial charge in [-0.3, -0.25) is 19.7 Å². The Morgan fingerprint density at radius 2 is 1.94 bits per heavy atom. The molecule has 32 heavy (non-hydrogen) atoms. The van der Waals surface area contributed by atoms with Crippen LogP contribution >= 0.6 is 11.6 Å². The fourth-order valence-electron chi connectivity index (χ4n) is 3.70. The predicted molar refractivity (Wildman–Crippen MR) is 117 cm³/mol. The van der Waals surface area contributed by atoms with Gasteiger partial charge in [0.05, 0.1) is 36.9 Å². The summed E-state index contributed by atoms with van der Waals surface area (Å²) < 4.78 is 11.2. The van der Waals surface area contributed by atoms with Crippen LogP contribution in [0.3, 0.4) is 0 Å². The van der Waals surface area contributed by atoms with Crippen molar-refractivity contribution >= 4 is 40.5 Å². The van der Waals surface area contributed by atoms with Gasteiger partial charge in [0, 0.05) is 24.2 Å². The second kappa shape index (κ2) is 9.41. The molecule has 2 heterocycles. The summed E-state index contributed by atoms with van der Waals surface area (Å²) in [5.41, 5.74) is 0.416. The second-order valence-electron chi connectivity index (χ2n) is 7.36. The lowest BCUT2D eigenvalue weighted by molar-refractivity contribution is -0.383. The Morgan fingerprint density at radius 3 is 2.69 bits per heavy atom. The number of anilines is 2. The van der Waals surface area contributed by atoms with Crippen molar-refractivity contribution in [1.29, 1.82) is 0 Å². The maximum Gasteiger partial charge on any atom is 0.294 e. The quantitative estimate of drug-likeness (QED) is 0.538. The Morgan fingerprint density at radius 1 is 1.19 bits per heavy atom. The van der Waals surface area contributed by atoms with Gasteiger partial charge < -0.3 is 24.6 Å². The number of amides is 2. The van der Waals surface area contributed by atoms with Crippen molar-refractivity contribution in [2.45, 2.75) is 6.10 Å². The average molecular weight is 461 g/mol. The number of carbonyl (C=O) groups is 2. The van der Waals surface area contributed by atoms with Crippen LogP contribution in [0.1, 0.15) is 0 Å². The number of halogens is 1. The summed E-state index contributed by atoms with van der Waals surface area (Å²) in [5, 5.41) is 14.1. The molecule has 4 rings (SSSR count). The molecule has 1 atom stereocenters. The molecule has 0 spiro atoms. The van der Waals surface area contributed by atoms with Crippen molar-refractivity contribution in [1.82, 2.24) is 4.90 Å². The van der Waals surface area contributed by atoms with Crippen molar-refractivity contribution in [2.24, 2.45) is 0 Å². The monoisotopic (exact) mass is 460 g/mol. The zero-order valence-electron chi connectivity index (χ0n) is 17.0. The number of morpholine rings is 1. The van der Waals surface area contributed by atoms with Crippen LogP contribution in [0.5, 0.6) is 5.75 Å². The van der Waals surface area contributed by atoms with Gasteiger partial charge in [0.1, 0.15) is 11.4 Å². The lowest BCUT2D eigenvalue weighted by Gasteiger charge is -2.38. The van der Waals surface area contributed by atoms with Gasteiger partial charge in [-0.2, -0.15) is 0 Å². The topological polar surface area (TPSA) is 114 Å². The number of nitro groups is 1. The van der Waals surface area contributed by atoms with Crippen molar-refractivity contribution in [3.63, 3.8) is 0 Å². The van der Waals surface area contributed by atoms with E-state index in [0.29, 0.717) is 37.7 Å². The van der Waals surface area contributed by atoms with Crippen molar-refractivity contribution in [2.75, 3.05) is 49.6 Å². The molecule has 0 aromatic heterocycles. The highest BCUT2D eigenvalue weighted by molar-refractivity contribution is 6.31. The number of nitro benzene ring substituents is 1. The maximum atomic E-state index is 13.0. The van der Waals surface area contributed by atoms with Gasteiger partial charge in [-0.15, -0.1) is 0 Å². The standard InChI is InChI=1S/C21H21ClN4O6/c22-14-5-6-15(17(11-14)26(29)30)23-20(27)13-25-12-19(21(28)24-7-9-31-10-8-24)32-18-4-2-1-3-16(18)25/h1-6,11,19H,7-10,12-13H2,(H,23,27). The molecule has 2 aliphatic heterocycles. The number of hydrogen-bond acceptors (Lipinski definition) is 7. The van der Waals surface area contributed by atoms with E-state index in [1.807, 2.05) is 0 Å². The number of para-hydroxylation sites is 2. The average Bonchev–Trinajstić information content (AvgIpc) is 2.80. The van der Waals surface area contributed by atoms with E-state index in [9.17, 15) is 19.7 Å². The summed E-state index contributed by atoms with van der Waals surface area (Å²) in [7, 11) is 0. The van der Waals surface area contributed by atoms with Gasteiger partial charge in [-0.1, -0.05) is 23.7 Å². The third-order valence-corrected chi connectivity index (χ3v) is 5.46. The summed E-state index contributed by atoms with van der Waals surface area (Å²) in [5.74, 6) is -0.137. The SMILES string of the molecule is O=C(CN1CC(C(=O)N2CCOCC2)Oc2ccccc21)Nc1ccc(Cl)cc1[N+](=O)[O-]. The molecule has 1 fully saturated rings. The van der Waals surface area contributed by atoms with E-state index < -0.39 is 16.9 Å². The van der Waals surface area contributed by atoms with E-state index in [-0.39, 0.29) is 35.4 Å². The number of hydrogen-bond donors (Lipinski definition) is 1. The third-order valence-electron chi connectivity index (χ3n) is 5.22. The molecule has 168 valence electrons. The van der Waals surface area contributed by atoms with Crippen LogP contribution < -0.4 is 15.0 Å². The van der Waals surface area contributed by atoms with E-state index in [4.69, 9.17) is 21.1 Å². The van der Waals surface area contributed by atoms with Crippen LogP contribution in [0, 0.1) is 10.1 Å². The van der Waals surface area contributed by atoms with Gasteiger partial charge in [-0.05, 0) is 24.3 Å². The summed E-state index contributed by atoms with van der Waals surface area (Å²) >= 11 is 5.84. The van der Waals surface area contributed by atoms with E-state index in [1.54, 1.807) is 34.1 Å². The van der Waals surface area contributed by atoms with Gasteiger partial charge in [0.2, 0.25) is 5.91 Å². The first-order valence-electron chi connectivity index (χ1n) is 10.0. The molecule has 0 aliphatic carbocycles. The first-order chi connectivity index (χ1) is 15.4. The highest BCUT2D eigenvalue weighted by atomic mass is 35.5. The van der Waals surface area contributed by atoms with Crippen LogP contribution in [0.25, 0.3) is 0 Å². The van der Waals surface area contributed by atoms with Gasteiger partial charge >= 0.3 is 0 Å². The Hall–Kier alpha value is -3.37. The molecule has 2 amide bonds. The largest absolute Gasteiger partial charge is 0.477 e. The van der Waals surface area contributed by atoms with E-state index in [1.165, 1.54) is 18.2 Å². The lowest BCUT2D eigenvalue weighted by atomic mass is 10.1. The molecular formula is C21H21ClN4O6. The summed E-state index contributed by atoms with van der Waals surface area (Å²) in [6.07, 6.45) is -0.777. The Kier molecular flexibility index (Phi) is 6.42. The number of rotatable bonds is 5. The summed E-state index contributed by atoms with van der Waals surface area (Å²) in [4.78, 5) is 39.8. The molecule has 1 unspecified atom stereocenters. The fourth-order valence-corrected chi connectivity index (χ4v) is 3.86. The predicted octanol–water partition coefficient (Wildman–Crippen LogP) is 2.31. The molecule has 1 N–H and O–H groups in total. The van der Waals surface area contributed by atoms with Crippen molar-refractivity contribution in [3.8, 4) is 5.75 Å². The van der Waals surface area contributed by atoms with Crippen molar-refractivity contribution < 1.29 is 24.0 Å². The zero-order chi connectivity index (χ0) is 22.7. The highest BCUT2D eigenvalue weighted by Gasteiger charge is 2.34. The fraction of sp³-hybridized carbons (Fsp3) is 0.333. The van der Waals surface area contributed by atoms with Gasteiger partial charge in [0.15, 0.2) is 6.10 Å². The first-order valence-corrected chi connectivity index (χ1v) is 10.4. The first kappa shape index (κ1) is 21.8. The minimum Gasteiger partial charge on any atom is -0.477 e. The lowest BCUT2D eigenvalue weighted by Crippen LogP contribution is -2.53. The highest BCUT2D eigenvalue weighted by Crippen LogP contribution is 2.34. The zero-order valence-corrected chi connectivity index (χ0v) is 17.8. The molecule has 0 bridgehead atoms. The minimum atomic E-state index is -0.777. The van der Waals surface area contributed by atoms with Crippen molar-refractivity contribution in [3.05, 3.63) is 57.6 Å². The Bertz CT molecular complexity index is 1040. The molecule has 0 saturated carbocycles. The Labute approximate surface area is 188 Å². The van der Waals surface area contributed by atoms with Crippen LogP contribution in [0.2, 0.25) is 5.02 Å². The number of benzene rings is 2. The smallest absolute Gasteiger partial charge is 0.294 e. The van der Waals surface area contributed by atoms with Crippen LogP contribution in [0.4, 0.5) is 17.1 Å². The Balaban J connectivity index is 1.51. The van der Waals surface area contributed by atoms with Gasteiger partial charge in [-0.25, -0.2) is 0 Å². The molecule has 2 aromatic carbocycles.